The monoisotopic (exact) mass is 637 g/mol. The third-order valence-corrected chi connectivity index (χ3v) is 6.07. The Morgan fingerprint density at radius 1 is 0.556 bits per heavy atom. The van der Waals surface area contributed by atoms with Gasteiger partial charge < -0.3 is 9.47 Å². The highest BCUT2D eigenvalue weighted by Gasteiger charge is 2.43. The molecule has 0 N–H and O–H groups in total. The molecule has 0 unspecified atom stereocenters. The molecule has 7 nitrogen and oxygen atoms in total. The van der Waals surface area contributed by atoms with E-state index in [1.807, 2.05) is 0 Å². The zero-order chi connectivity index (χ0) is 33.8. The van der Waals surface area contributed by atoms with Crippen LogP contribution in [-0.4, -0.2) is 12.7 Å². The van der Waals surface area contributed by atoms with Crippen LogP contribution >= 0.6 is 0 Å². The molecule has 0 saturated carbocycles. The molecule has 0 spiro atoms. The summed E-state index contributed by atoms with van der Waals surface area (Å²) in [4.78, 5) is 0. The summed E-state index contributed by atoms with van der Waals surface area (Å²) >= 11 is 0. The van der Waals surface area contributed by atoms with Gasteiger partial charge in [-0.2, -0.15) is 26.3 Å². The molecule has 45 heavy (non-hydrogen) atoms. The summed E-state index contributed by atoms with van der Waals surface area (Å²) in [6.45, 7) is 0. The molecular weight excluding hydrogens is 635 g/mol. The molecule has 0 amide bonds. The van der Waals surface area contributed by atoms with Crippen molar-refractivity contribution in [3.8, 4) is 53.0 Å². The molecule has 0 fully saturated rings. The fourth-order valence-corrected chi connectivity index (χ4v) is 4.53. The Morgan fingerprint density at radius 3 is 1.20 bits per heavy atom. The van der Waals surface area contributed by atoms with Crippen molar-refractivity contribution in [1.29, 1.82) is 26.3 Å². The van der Waals surface area contributed by atoms with Crippen LogP contribution in [0.4, 0.5) is 48.3 Å². The van der Waals surface area contributed by atoms with Gasteiger partial charge in [0.1, 0.15) is 41.5 Å². The number of rotatable bonds is 3. The fourth-order valence-electron chi connectivity index (χ4n) is 4.53. The zero-order valence-corrected chi connectivity index (χ0v) is 20.9. The van der Waals surface area contributed by atoms with Crippen molar-refractivity contribution in [3.63, 3.8) is 0 Å². The van der Waals surface area contributed by atoms with Gasteiger partial charge in [-0.25, -0.2) is 22.0 Å². The third kappa shape index (κ3) is 5.03. The van der Waals surface area contributed by atoms with Crippen molar-refractivity contribution >= 4 is 11.1 Å². The van der Waals surface area contributed by atoms with Crippen molar-refractivity contribution in [2.24, 2.45) is 0 Å². The highest BCUT2D eigenvalue weighted by atomic mass is 19.4. The normalized spacial score (nSPS) is 11.7. The van der Waals surface area contributed by atoms with E-state index in [-0.39, 0.29) is 0 Å². The summed E-state index contributed by atoms with van der Waals surface area (Å²) in [5.74, 6) is -16.5. The molecule has 1 aliphatic rings. The Kier molecular flexibility index (Phi) is 7.55. The van der Waals surface area contributed by atoms with E-state index in [1.165, 1.54) is 24.3 Å². The number of nitrogens with zero attached hydrogens (tertiary/aromatic N) is 5. The summed E-state index contributed by atoms with van der Waals surface area (Å²) < 4.78 is 160. The Morgan fingerprint density at radius 2 is 0.911 bits per heavy atom. The number of halogens is 11. The van der Waals surface area contributed by atoms with Crippen LogP contribution in [0.2, 0.25) is 0 Å². The van der Waals surface area contributed by atoms with Crippen LogP contribution in [-0.2, 0) is 0 Å². The first-order valence-corrected chi connectivity index (χ1v) is 11.2. The van der Waals surface area contributed by atoms with E-state index in [0.29, 0.717) is 12.1 Å². The van der Waals surface area contributed by atoms with Gasteiger partial charge >= 0.3 is 12.7 Å². The maximum absolute atomic E-state index is 15.0. The van der Waals surface area contributed by atoms with Gasteiger partial charge in [0.15, 0.2) is 34.8 Å². The average Bonchev–Trinajstić information content (AvgIpc) is 3.27. The molecule has 0 saturated heterocycles. The second-order valence-corrected chi connectivity index (χ2v) is 8.45. The van der Waals surface area contributed by atoms with E-state index in [0.717, 1.165) is 6.07 Å². The summed E-state index contributed by atoms with van der Waals surface area (Å²) in [5, 5.41) is 48.7. The standard InChI is InChI=1S/C27H2F11N5O2/c28-19-18(20(29)22(31)23(32)21(19)30)12(5-41)17-15-10(1-8(3-39)24(13(15)6-42)44-26(33,34)35)11-2-9(4-40)25(45-27(36,37)38)14(7-43)16(11)17/h1-2H. The predicted octanol–water partition coefficient (Wildman–Crippen LogP) is 7.13. The summed E-state index contributed by atoms with van der Waals surface area (Å²) in [6, 6.07) is 6.98. The van der Waals surface area contributed by atoms with Crippen LogP contribution in [0.5, 0.6) is 11.5 Å². The summed E-state index contributed by atoms with van der Waals surface area (Å²) in [7, 11) is 0. The molecule has 1 aliphatic carbocycles. The minimum Gasteiger partial charge on any atom is -0.403 e. The van der Waals surface area contributed by atoms with Crippen LogP contribution < -0.4 is 9.47 Å². The lowest BCUT2D eigenvalue weighted by Gasteiger charge is -2.17. The van der Waals surface area contributed by atoms with Crippen molar-refractivity contribution in [2.75, 3.05) is 0 Å². The van der Waals surface area contributed by atoms with Crippen LogP contribution in [0.1, 0.15) is 38.9 Å². The Labute approximate surface area is 241 Å². The predicted molar refractivity (Wildman–Crippen MR) is 122 cm³/mol. The van der Waals surface area contributed by atoms with Crippen LogP contribution in [0.15, 0.2) is 12.1 Å². The number of nitriles is 5. The smallest absolute Gasteiger partial charge is 0.403 e. The second kappa shape index (κ2) is 10.7. The maximum atomic E-state index is 15.0. The largest absolute Gasteiger partial charge is 0.573 e. The number of hydrogen-bond donors (Lipinski definition) is 0. The number of ether oxygens (including phenoxy) is 2. The number of alkyl halides is 6. The molecule has 0 bridgehead atoms. The molecule has 0 aromatic heterocycles. The lowest BCUT2D eigenvalue weighted by Crippen LogP contribution is -2.19. The average molecular weight is 637 g/mol. The molecular formula is C27H2F11N5O2. The van der Waals surface area contributed by atoms with E-state index >= 15 is 0 Å². The Bertz CT molecular complexity index is 1970. The first-order valence-electron chi connectivity index (χ1n) is 11.2. The van der Waals surface area contributed by atoms with Gasteiger partial charge in [0.25, 0.3) is 0 Å². The Balaban J connectivity index is 2.41. The molecule has 0 heterocycles. The van der Waals surface area contributed by atoms with Gasteiger partial charge in [-0.1, -0.05) is 0 Å². The highest BCUT2D eigenvalue weighted by molar-refractivity contribution is 6.16. The van der Waals surface area contributed by atoms with Crippen molar-refractivity contribution in [2.45, 2.75) is 12.7 Å². The number of fused-ring (bicyclic) bond motifs is 3. The van der Waals surface area contributed by atoms with E-state index in [4.69, 9.17) is 0 Å². The third-order valence-electron chi connectivity index (χ3n) is 6.07. The van der Waals surface area contributed by atoms with Crippen molar-refractivity contribution in [3.05, 3.63) is 80.2 Å². The number of allylic oxidation sites excluding steroid dienone is 1. The summed E-state index contributed by atoms with van der Waals surface area (Å²) in [6.07, 6.45) is -11.3. The van der Waals surface area contributed by atoms with Gasteiger partial charge in [-0.3, -0.25) is 0 Å². The van der Waals surface area contributed by atoms with E-state index < -0.39 is 115 Å². The minimum absolute atomic E-state index is 0.503. The lowest BCUT2D eigenvalue weighted by atomic mass is 9.88. The van der Waals surface area contributed by atoms with Gasteiger partial charge in [-0.15, -0.1) is 26.3 Å². The number of benzene rings is 3. The van der Waals surface area contributed by atoms with Crippen molar-refractivity contribution < 1.29 is 57.8 Å². The lowest BCUT2D eigenvalue weighted by molar-refractivity contribution is -0.275. The van der Waals surface area contributed by atoms with Crippen LogP contribution in [0, 0.1) is 85.7 Å². The zero-order valence-electron chi connectivity index (χ0n) is 20.9. The molecule has 224 valence electrons. The van der Waals surface area contributed by atoms with Gasteiger partial charge in [-0.05, 0) is 23.3 Å². The van der Waals surface area contributed by atoms with Gasteiger partial charge in [0, 0.05) is 16.7 Å². The van der Waals surface area contributed by atoms with Crippen LogP contribution in [0.25, 0.3) is 22.3 Å². The molecule has 3 aromatic rings. The quantitative estimate of drug-likeness (QED) is 0.101. The van der Waals surface area contributed by atoms with Crippen molar-refractivity contribution in [1.82, 2.24) is 0 Å². The topological polar surface area (TPSA) is 137 Å². The molecule has 4 rings (SSSR count). The molecule has 0 aliphatic heterocycles. The first-order chi connectivity index (χ1) is 21.0. The second-order valence-electron chi connectivity index (χ2n) is 8.45. The first kappa shape index (κ1) is 31.6. The van der Waals surface area contributed by atoms with Crippen LogP contribution in [0.3, 0.4) is 0 Å². The van der Waals surface area contributed by atoms with E-state index in [1.54, 1.807) is 0 Å². The fraction of sp³-hybridized carbons (Fsp3) is 0.0741. The Hall–Kier alpha value is -6.32. The molecule has 0 radical (unpaired) electrons. The van der Waals surface area contributed by atoms with Gasteiger partial charge in [0.05, 0.1) is 22.3 Å². The molecule has 0 atom stereocenters. The maximum Gasteiger partial charge on any atom is 0.573 e. The van der Waals surface area contributed by atoms with E-state index in [9.17, 15) is 74.6 Å². The minimum atomic E-state index is -5.64. The van der Waals surface area contributed by atoms with Gasteiger partial charge in [0.2, 0.25) is 5.82 Å². The van der Waals surface area contributed by atoms with E-state index in [2.05, 4.69) is 9.47 Å². The number of hydrogen-bond acceptors (Lipinski definition) is 7. The highest BCUT2D eigenvalue weighted by Crippen LogP contribution is 2.55. The SMILES string of the molecule is N#CC(=C1c2c(cc(C#N)c(OC(F)(F)F)c2C#N)-c2cc(C#N)c(OC(F)(F)F)c(C#N)c21)c1c(F)c(F)c(F)c(F)c1F. The summed E-state index contributed by atoms with van der Waals surface area (Å²) in [5.41, 5.74) is -13.5. The molecule has 3 aromatic carbocycles. The molecule has 18 heteroatoms.